The molecule has 0 saturated carbocycles. The van der Waals surface area contributed by atoms with E-state index in [1.807, 2.05) is 0 Å². The number of halogens is 7. The zero-order valence-corrected chi connectivity index (χ0v) is 12.6. The van der Waals surface area contributed by atoms with Crippen molar-refractivity contribution in [3.63, 3.8) is 0 Å². The minimum atomic E-state index is -4.98. The average molecular weight is 358 g/mol. The first-order valence-electron chi connectivity index (χ1n) is 6.25. The van der Waals surface area contributed by atoms with Gasteiger partial charge in [-0.1, -0.05) is 11.2 Å². The number of hydrogen-bond donors (Lipinski definition) is 0. The van der Waals surface area contributed by atoms with Gasteiger partial charge in [-0.3, -0.25) is 0 Å². The minimum Gasteiger partial charge on any atom is -0.359 e. The molecule has 0 bridgehead atoms. The lowest BCUT2D eigenvalue weighted by Gasteiger charge is -2.14. The molecule has 0 radical (unpaired) electrons. The van der Waals surface area contributed by atoms with E-state index in [0.717, 1.165) is 0 Å². The maximum absolute atomic E-state index is 13.1. The third-order valence-corrected chi connectivity index (χ3v) is 3.21. The van der Waals surface area contributed by atoms with Crippen LogP contribution in [0, 0.1) is 0 Å². The Balaban J connectivity index is 2.61. The molecule has 23 heavy (non-hydrogen) atoms. The van der Waals surface area contributed by atoms with Gasteiger partial charge in [0.1, 0.15) is 5.69 Å². The summed E-state index contributed by atoms with van der Waals surface area (Å²) in [4.78, 5) is -1.02. The first kappa shape index (κ1) is 17.7. The number of alkyl halides is 7. The summed E-state index contributed by atoms with van der Waals surface area (Å²) < 4.78 is 82.0. The number of hydrogen-bond acceptors (Lipinski definition) is 2. The Morgan fingerprint density at radius 1 is 0.957 bits per heavy atom. The van der Waals surface area contributed by atoms with E-state index in [9.17, 15) is 26.3 Å². The van der Waals surface area contributed by atoms with Gasteiger partial charge in [0.15, 0.2) is 5.76 Å². The molecule has 0 atom stereocenters. The normalized spacial score (nSPS) is 13.4. The van der Waals surface area contributed by atoms with Gasteiger partial charge in [-0.15, -0.1) is 11.6 Å². The highest BCUT2D eigenvalue weighted by Gasteiger charge is 2.39. The highest BCUT2D eigenvalue weighted by molar-refractivity contribution is 6.23. The van der Waals surface area contributed by atoms with E-state index in [4.69, 9.17) is 16.1 Å². The summed E-state index contributed by atoms with van der Waals surface area (Å²) in [7, 11) is 0. The Morgan fingerprint density at radius 3 is 2.00 bits per heavy atom. The van der Waals surface area contributed by atoms with Crippen LogP contribution in [0.4, 0.5) is 26.3 Å². The first-order valence-corrected chi connectivity index (χ1v) is 6.63. The molecule has 0 unspecified atom stereocenters. The highest BCUT2D eigenvalue weighted by atomic mass is 35.5. The number of aromatic nitrogens is 1. The molecule has 0 aliphatic heterocycles. The van der Waals surface area contributed by atoms with Crippen molar-refractivity contribution in [3.8, 4) is 11.3 Å². The van der Waals surface area contributed by atoms with E-state index in [2.05, 4.69) is 5.16 Å². The summed E-state index contributed by atoms with van der Waals surface area (Å²) in [5, 5.41) is 3.48. The van der Waals surface area contributed by atoms with Crippen LogP contribution in [0.25, 0.3) is 11.3 Å². The Kier molecular flexibility index (Phi) is 4.17. The van der Waals surface area contributed by atoms with Crippen LogP contribution in [-0.4, -0.2) is 5.16 Å². The van der Waals surface area contributed by atoms with E-state index in [-0.39, 0.29) is 17.5 Å². The molecule has 0 fully saturated rings. The third kappa shape index (κ3) is 3.80. The SMILES string of the molecule is CC(C)(Cl)c1cc(-c2ccc(C(F)(F)F)cc2C(F)(F)F)no1. The van der Waals surface area contributed by atoms with E-state index in [1.165, 1.54) is 19.9 Å². The smallest absolute Gasteiger partial charge is 0.359 e. The fourth-order valence-corrected chi connectivity index (χ4v) is 1.95. The molecule has 0 saturated heterocycles. The number of benzene rings is 1. The fourth-order valence-electron chi connectivity index (χ4n) is 1.86. The van der Waals surface area contributed by atoms with Gasteiger partial charge in [-0.25, -0.2) is 0 Å². The van der Waals surface area contributed by atoms with Gasteiger partial charge in [0, 0.05) is 11.6 Å². The fraction of sp³-hybridized carbons (Fsp3) is 0.357. The monoisotopic (exact) mass is 357 g/mol. The minimum absolute atomic E-state index is 0.0511. The number of rotatable bonds is 2. The molecule has 0 N–H and O–H groups in total. The summed E-state index contributed by atoms with van der Waals surface area (Å²) >= 11 is 5.97. The van der Waals surface area contributed by atoms with Crippen molar-refractivity contribution in [2.24, 2.45) is 0 Å². The Bertz CT molecular complexity index is 711. The van der Waals surface area contributed by atoms with Gasteiger partial charge < -0.3 is 4.52 Å². The van der Waals surface area contributed by atoms with Gasteiger partial charge in [-0.05, 0) is 26.0 Å². The van der Waals surface area contributed by atoms with Crippen LogP contribution in [0.1, 0.15) is 30.7 Å². The van der Waals surface area contributed by atoms with Crippen LogP contribution >= 0.6 is 11.6 Å². The van der Waals surface area contributed by atoms with Crippen LogP contribution in [0.2, 0.25) is 0 Å². The van der Waals surface area contributed by atoms with Crippen molar-refractivity contribution in [2.45, 2.75) is 31.1 Å². The van der Waals surface area contributed by atoms with Crippen molar-refractivity contribution >= 4 is 11.6 Å². The molecule has 0 spiro atoms. The maximum Gasteiger partial charge on any atom is 0.417 e. The molecule has 2 nitrogen and oxygen atoms in total. The maximum atomic E-state index is 13.1. The second-order valence-corrected chi connectivity index (χ2v) is 6.25. The Morgan fingerprint density at radius 2 is 1.57 bits per heavy atom. The molecule has 9 heteroatoms. The van der Waals surface area contributed by atoms with Crippen molar-refractivity contribution in [2.75, 3.05) is 0 Å². The van der Waals surface area contributed by atoms with Gasteiger partial charge in [-0.2, -0.15) is 26.3 Å². The molecule has 2 rings (SSSR count). The van der Waals surface area contributed by atoms with Crippen molar-refractivity contribution in [1.29, 1.82) is 0 Å². The van der Waals surface area contributed by atoms with E-state index >= 15 is 0 Å². The summed E-state index contributed by atoms with van der Waals surface area (Å²) in [6, 6.07) is 2.50. The predicted molar refractivity (Wildman–Crippen MR) is 70.8 cm³/mol. The molecule has 1 aromatic heterocycles. The quantitative estimate of drug-likeness (QED) is 0.497. The summed E-state index contributed by atoms with van der Waals surface area (Å²) in [6.45, 7) is 3.08. The third-order valence-electron chi connectivity index (χ3n) is 3.02. The van der Waals surface area contributed by atoms with Gasteiger partial charge in [0.25, 0.3) is 0 Å². The molecular formula is C14H10ClF6NO. The molecule has 1 aromatic carbocycles. The van der Waals surface area contributed by atoms with Crippen LogP contribution < -0.4 is 0 Å². The van der Waals surface area contributed by atoms with Crippen LogP contribution in [0.5, 0.6) is 0 Å². The largest absolute Gasteiger partial charge is 0.417 e. The summed E-state index contributed by atoms with van der Waals surface area (Å²) in [5.74, 6) is 0.0992. The molecule has 1 heterocycles. The number of nitrogens with zero attached hydrogens (tertiary/aromatic N) is 1. The van der Waals surface area contributed by atoms with E-state index < -0.39 is 33.9 Å². The van der Waals surface area contributed by atoms with Crippen molar-refractivity contribution < 1.29 is 30.9 Å². The molecule has 0 amide bonds. The van der Waals surface area contributed by atoms with Gasteiger partial charge >= 0.3 is 12.4 Å². The van der Waals surface area contributed by atoms with Crippen LogP contribution in [0.15, 0.2) is 28.8 Å². The van der Waals surface area contributed by atoms with E-state index in [1.54, 1.807) is 0 Å². The Hall–Kier alpha value is -1.70. The second kappa shape index (κ2) is 5.43. The lowest BCUT2D eigenvalue weighted by Crippen LogP contribution is -2.12. The molecule has 126 valence electrons. The van der Waals surface area contributed by atoms with E-state index in [0.29, 0.717) is 12.1 Å². The topological polar surface area (TPSA) is 26.0 Å². The predicted octanol–water partition coefficient (Wildman–Crippen LogP) is 5.85. The molecule has 2 aromatic rings. The summed E-state index contributed by atoms with van der Waals surface area (Å²) in [5.41, 5.74) is -3.59. The van der Waals surface area contributed by atoms with Crippen molar-refractivity contribution in [3.05, 3.63) is 41.2 Å². The van der Waals surface area contributed by atoms with Crippen LogP contribution in [-0.2, 0) is 17.2 Å². The average Bonchev–Trinajstić information content (AvgIpc) is 2.85. The second-order valence-electron chi connectivity index (χ2n) is 5.30. The zero-order chi connectivity index (χ0) is 17.6. The van der Waals surface area contributed by atoms with Gasteiger partial charge in [0.2, 0.25) is 0 Å². The Labute approximate surface area is 132 Å². The van der Waals surface area contributed by atoms with Crippen molar-refractivity contribution in [1.82, 2.24) is 5.16 Å². The lowest BCUT2D eigenvalue weighted by molar-refractivity contribution is -0.142. The highest BCUT2D eigenvalue weighted by Crippen LogP contribution is 2.41. The molecular weight excluding hydrogens is 348 g/mol. The first-order chi connectivity index (χ1) is 10.3. The lowest BCUT2D eigenvalue weighted by atomic mass is 9.99. The zero-order valence-electron chi connectivity index (χ0n) is 11.8. The molecule has 0 aliphatic carbocycles. The molecule has 0 aliphatic rings. The summed E-state index contributed by atoms with van der Waals surface area (Å²) in [6.07, 6.45) is -9.86. The van der Waals surface area contributed by atoms with Gasteiger partial charge in [0.05, 0.1) is 16.0 Å². The standard InChI is InChI=1S/C14H10ClF6NO/c1-12(2,15)11-6-10(22-23-11)8-4-3-7(13(16,17)18)5-9(8)14(19,20)21/h3-6H,1-2H3. The van der Waals surface area contributed by atoms with Crippen LogP contribution in [0.3, 0.4) is 0 Å².